The van der Waals surface area contributed by atoms with E-state index in [-0.39, 0.29) is 5.91 Å². The van der Waals surface area contributed by atoms with Crippen LogP contribution in [0.3, 0.4) is 0 Å². The summed E-state index contributed by atoms with van der Waals surface area (Å²) in [5.41, 5.74) is 16.3. The van der Waals surface area contributed by atoms with Gasteiger partial charge >= 0.3 is 0 Å². The quantitative estimate of drug-likeness (QED) is 0.307. The number of benzene rings is 2. The summed E-state index contributed by atoms with van der Waals surface area (Å²) < 4.78 is 3.41. The molecule has 7 heteroatoms. The number of aliphatic imine (C=N–C) groups is 1. The highest BCUT2D eigenvalue weighted by molar-refractivity contribution is 7.21. The van der Waals surface area contributed by atoms with E-state index in [4.69, 9.17) is 11.5 Å². The van der Waals surface area contributed by atoms with Gasteiger partial charge in [-0.25, -0.2) is 0 Å². The summed E-state index contributed by atoms with van der Waals surface area (Å²) in [6, 6.07) is 17.3. The van der Waals surface area contributed by atoms with Crippen LogP contribution in [0, 0.1) is 0 Å². The number of nitrogens with two attached hydrogens (primary N) is 2. The van der Waals surface area contributed by atoms with Crippen molar-refractivity contribution in [1.82, 2.24) is 9.47 Å². The van der Waals surface area contributed by atoms with Crippen LogP contribution >= 0.6 is 11.3 Å². The number of rotatable bonds is 7. The van der Waals surface area contributed by atoms with Gasteiger partial charge in [-0.3, -0.25) is 14.7 Å². The van der Waals surface area contributed by atoms with E-state index in [2.05, 4.69) is 51.8 Å². The molecule has 4 aromatic rings. The fraction of sp³-hybridized carbons (Fsp3) is 0.333. The first-order valence-corrected chi connectivity index (χ1v) is 12.6. The Morgan fingerprint density at radius 3 is 2.79 bits per heavy atom. The largest absolute Gasteiger partial charge is 0.384 e. The topological polar surface area (TPSA) is 89.6 Å². The number of fused-ring (bicyclic) bond motifs is 2. The number of amides is 1. The first-order valence-electron chi connectivity index (χ1n) is 11.8. The Kier molecular flexibility index (Phi) is 6.15. The highest BCUT2D eigenvalue weighted by Gasteiger charge is 2.27. The molecular formula is C27H31N5OS. The van der Waals surface area contributed by atoms with E-state index in [1.54, 1.807) is 7.05 Å². The lowest BCUT2D eigenvalue weighted by Gasteiger charge is -2.25. The van der Waals surface area contributed by atoms with Crippen molar-refractivity contribution in [2.75, 3.05) is 13.6 Å². The number of hydrogen-bond acceptors (Lipinski definition) is 4. The highest BCUT2D eigenvalue weighted by atomic mass is 32.1. The van der Waals surface area contributed by atoms with E-state index < -0.39 is 0 Å². The van der Waals surface area contributed by atoms with Crippen molar-refractivity contribution < 1.29 is 4.79 Å². The van der Waals surface area contributed by atoms with E-state index in [0.29, 0.717) is 16.8 Å². The maximum absolute atomic E-state index is 12.2. The zero-order valence-corrected chi connectivity index (χ0v) is 20.6. The molecule has 5 rings (SSSR count). The van der Waals surface area contributed by atoms with Crippen LogP contribution in [0.1, 0.15) is 45.8 Å². The van der Waals surface area contributed by atoms with E-state index in [1.807, 2.05) is 18.2 Å². The Morgan fingerprint density at radius 2 is 2.00 bits per heavy atom. The van der Waals surface area contributed by atoms with Crippen LogP contribution in [0.5, 0.6) is 0 Å². The first-order chi connectivity index (χ1) is 16.5. The van der Waals surface area contributed by atoms with Gasteiger partial charge in [-0.2, -0.15) is 0 Å². The highest BCUT2D eigenvalue weighted by Crippen LogP contribution is 2.34. The lowest BCUT2D eigenvalue weighted by atomic mass is 10.1. The lowest BCUT2D eigenvalue weighted by Crippen LogP contribution is -2.30. The van der Waals surface area contributed by atoms with Crippen LogP contribution in [0.15, 0.2) is 53.5 Å². The second kappa shape index (κ2) is 9.24. The summed E-state index contributed by atoms with van der Waals surface area (Å²) >= 11 is 1.51. The molecule has 3 heterocycles. The minimum Gasteiger partial charge on any atom is -0.384 e. The number of nitrogens with zero attached hydrogens (tertiary/aromatic N) is 3. The number of aromatic nitrogens is 1. The van der Waals surface area contributed by atoms with Crippen molar-refractivity contribution in [3.63, 3.8) is 0 Å². The second-order valence-corrected chi connectivity index (χ2v) is 10.2. The molecule has 0 saturated carbocycles. The Balaban J connectivity index is 1.35. The van der Waals surface area contributed by atoms with Crippen LogP contribution < -0.4 is 11.5 Å². The summed E-state index contributed by atoms with van der Waals surface area (Å²) in [6.45, 7) is 1.84. The van der Waals surface area contributed by atoms with Gasteiger partial charge in [0.25, 0.3) is 5.91 Å². The van der Waals surface area contributed by atoms with Crippen LogP contribution in [0.4, 0.5) is 0 Å². The van der Waals surface area contributed by atoms with Gasteiger partial charge in [0.05, 0.1) is 4.88 Å². The molecule has 4 N–H and O–H groups in total. The van der Waals surface area contributed by atoms with E-state index in [1.165, 1.54) is 40.8 Å². The lowest BCUT2D eigenvalue weighted by molar-refractivity contribution is 0.100. The predicted molar refractivity (Wildman–Crippen MR) is 142 cm³/mol. The molecule has 1 saturated heterocycles. The first kappa shape index (κ1) is 22.6. The molecule has 0 unspecified atom stereocenters. The van der Waals surface area contributed by atoms with Crippen LogP contribution in [0.25, 0.3) is 21.0 Å². The van der Waals surface area contributed by atoms with Gasteiger partial charge in [0.15, 0.2) is 0 Å². The molecule has 0 aliphatic carbocycles. The summed E-state index contributed by atoms with van der Waals surface area (Å²) in [5, 5.41) is 2.38. The molecule has 6 nitrogen and oxygen atoms in total. The number of primary amides is 1. The number of aryl methyl sites for hydroxylation is 2. The summed E-state index contributed by atoms with van der Waals surface area (Å²) in [4.78, 5) is 19.5. The van der Waals surface area contributed by atoms with Crippen LogP contribution in [-0.2, 0) is 20.0 Å². The van der Waals surface area contributed by atoms with Crippen molar-refractivity contribution in [2.45, 2.75) is 38.3 Å². The Hall–Kier alpha value is -3.16. The fourth-order valence-electron chi connectivity index (χ4n) is 5.32. The number of carbonyl (C=O) groups excluding carboxylic acids is 1. The summed E-state index contributed by atoms with van der Waals surface area (Å²) in [7, 11) is 3.85. The maximum Gasteiger partial charge on any atom is 0.259 e. The SMILES string of the molecule is CN=C(N)c1ccc2cc(CC[C@@H]3CCCN3Cc3c(C(N)=O)sc4ccccc34)n(C)c2c1. The smallest absolute Gasteiger partial charge is 0.259 e. The Morgan fingerprint density at radius 1 is 1.18 bits per heavy atom. The molecule has 2 aromatic heterocycles. The van der Waals surface area contributed by atoms with Gasteiger partial charge in [-0.15, -0.1) is 11.3 Å². The van der Waals surface area contributed by atoms with Crippen molar-refractivity contribution in [2.24, 2.45) is 23.5 Å². The molecule has 1 atom stereocenters. The molecule has 0 spiro atoms. The molecule has 176 valence electrons. The summed E-state index contributed by atoms with van der Waals surface area (Å²) in [5.74, 6) is 0.234. The van der Waals surface area contributed by atoms with Crippen LogP contribution in [-0.4, -0.2) is 40.8 Å². The van der Waals surface area contributed by atoms with Gasteiger partial charge in [-0.05, 0) is 66.8 Å². The third-order valence-corrected chi connectivity index (χ3v) is 8.43. The van der Waals surface area contributed by atoms with E-state index >= 15 is 0 Å². The van der Waals surface area contributed by atoms with Gasteiger partial charge < -0.3 is 16.0 Å². The maximum atomic E-state index is 12.2. The number of thiophene rings is 1. The van der Waals surface area contributed by atoms with Crippen molar-refractivity contribution in [3.8, 4) is 0 Å². The van der Waals surface area contributed by atoms with Gasteiger partial charge in [0.2, 0.25) is 0 Å². The number of carbonyl (C=O) groups is 1. The van der Waals surface area contributed by atoms with Gasteiger partial charge in [0.1, 0.15) is 5.84 Å². The van der Waals surface area contributed by atoms with E-state index in [9.17, 15) is 4.79 Å². The van der Waals surface area contributed by atoms with Gasteiger partial charge in [-0.1, -0.05) is 30.3 Å². The Labute approximate surface area is 203 Å². The number of hydrogen-bond donors (Lipinski definition) is 2. The molecule has 1 aliphatic heterocycles. The van der Waals surface area contributed by atoms with Crippen molar-refractivity contribution >= 4 is 44.1 Å². The predicted octanol–water partition coefficient (Wildman–Crippen LogP) is 4.42. The third kappa shape index (κ3) is 4.10. The molecule has 1 aliphatic rings. The molecular weight excluding hydrogens is 442 g/mol. The third-order valence-electron chi connectivity index (χ3n) is 7.20. The van der Waals surface area contributed by atoms with Crippen molar-refractivity contribution in [1.29, 1.82) is 0 Å². The molecule has 2 aromatic carbocycles. The average Bonchev–Trinajstić information content (AvgIpc) is 3.53. The molecule has 1 fully saturated rings. The molecule has 34 heavy (non-hydrogen) atoms. The fourth-order valence-corrected chi connectivity index (χ4v) is 6.38. The van der Waals surface area contributed by atoms with Gasteiger partial charge in [0, 0.05) is 48.2 Å². The normalized spacial score (nSPS) is 17.2. The zero-order valence-electron chi connectivity index (χ0n) is 19.8. The van der Waals surface area contributed by atoms with Crippen LogP contribution in [0.2, 0.25) is 0 Å². The summed E-state index contributed by atoms with van der Waals surface area (Å²) in [6.07, 6.45) is 4.47. The molecule has 0 bridgehead atoms. The molecule has 1 amide bonds. The standard InChI is InChI=1S/C27H31N5OS/c1-30-26(28)18-10-9-17-14-20(31(2)23(17)15-18)12-11-19-6-5-13-32(19)16-22-21-7-3-4-8-24(21)34-25(22)27(29)33/h3-4,7-10,14-15,19H,5-6,11-13,16H2,1-2H3,(H2,28,30)(H2,29,33)/t19-/m0/s1. The second-order valence-electron chi connectivity index (χ2n) is 9.15. The average molecular weight is 474 g/mol. The minimum absolute atomic E-state index is 0.324. The minimum atomic E-state index is -0.324. The van der Waals surface area contributed by atoms with Crippen molar-refractivity contribution in [3.05, 3.63) is 70.2 Å². The monoisotopic (exact) mass is 473 g/mol. The molecule has 0 radical (unpaired) electrons. The Bertz CT molecular complexity index is 1400. The van der Waals surface area contributed by atoms with E-state index in [0.717, 1.165) is 47.1 Å². The number of amidine groups is 1. The zero-order chi connectivity index (χ0) is 23.8. The number of likely N-dealkylation sites (tertiary alicyclic amines) is 1.